The van der Waals surface area contributed by atoms with Crippen molar-refractivity contribution in [1.82, 2.24) is 10.3 Å². The first kappa shape index (κ1) is 26.8. The van der Waals surface area contributed by atoms with E-state index < -0.39 is 29.5 Å². The van der Waals surface area contributed by atoms with Crippen molar-refractivity contribution in [2.45, 2.75) is 31.2 Å². The molecule has 4 rings (SSSR count). The maximum absolute atomic E-state index is 13.8. The second kappa shape index (κ2) is 10.6. The van der Waals surface area contributed by atoms with Gasteiger partial charge in [0.2, 0.25) is 0 Å². The molecule has 37 heavy (non-hydrogen) atoms. The van der Waals surface area contributed by atoms with E-state index in [4.69, 9.17) is 15.2 Å². The van der Waals surface area contributed by atoms with E-state index in [9.17, 15) is 28.2 Å². The van der Waals surface area contributed by atoms with Crippen molar-refractivity contribution in [2.75, 3.05) is 44.5 Å². The molecule has 2 aromatic heterocycles. The van der Waals surface area contributed by atoms with Crippen molar-refractivity contribution >= 4 is 39.0 Å². The Bertz CT molecular complexity index is 1290. The van der Waals surface area contributed by atoms with Crippen molar-refractivity contribution in [1.29, 1.82) is 0 Å². The number of ether oxygens (including phenoxy) is 2. The second-order valence-electron chi connectivity index (χ2n) is 8.66. The number of rotatable bonds is 8. The third kappa shape index (κ3) is 5.53. The van der Waals surface area contributed by atoms with Crippen LogP contribution in [0.3, 0.4) is 0 Å². The van der Waals surface area contributed by atoms with Gasteiger partial charge in [-0.15, -0.1) is 11.3 Å². The molecule has 0 radical (unpaired) electrons. The summed E-state index contributed by atoms with van der Waals surface area (Å²) in [5.74, 6) is -0.194. The fourth-order valence-corrected chi connectivity index (χ4v) is 5.38. The van der Waals surface area contributed by atoms with Crippen LogP contribution in [-0.4, -0.2) is 61.1 Å². The van der Waals surface area contributed by atoms with Crippen LogP contribution in [0.4, 0.5) is 24.7 Å². The van der Waals surface area contributed by atoms with Crippen LogP contribution in [0.1, 0.15) is 39.7 Å². The Balaban J connectivity index is 1.44. The predicted molar refractivity (Wildman–Crippen MR) is 134 cm³/mol. The number of methoxy groups -OCH3 is 2. The van der Waals surface area contributed by atoms with E-state index in [0.29, 0.717) is 54.3 Å². The highest BCUT2D eigenvalue weighted by atomic mass is 32.1. The lowest BCUT2D eigenvalue weighted by Gasteiger charge is -2.34. The largest absolute Gasteiger partial charge is 0.493 e. The zero-order valence-corrected chi connectivity index (χ0v) is 20.9. The number of pyridine rings is 1. The number of anilines is 2. The van der Waals surface area contributed by atoms with Gasteiger partial charge in [-0.05, 0) is 36.6 Å². The third-order valence-corrected chi connectivity index (χ3v) is 7.48. The normalized spacial score (nSPS) is 15.7. The number of nitrogens with one attached hydrogen (secondary N) is 1. The van der Waals surface area contributed by atoms with E-state index in [-0.39, 0.29) is 33.5 Å². The number of aliphatic hydroxyl groups excluding tert-OH is 1. The Morgan fingerprint density at radius 3 is 2.51 bits per heavy atom. The molecule has 0 amide bonds. The van der Waals surface area contributed by atoms with Crippen LogP contribution < -0.4 is 25.4 Å². The van der Waals surface area contributed by atoms with Crippen molar-refractivity contribution in [3.8, 4) is 11.5 Å². The predicted octanol–water partition coefficient (Wildman–Crippen LogP) is 3.90. The average molecular weight is 541 g/mol. The number of benzene rings is 1. The number of nitrogens with two attached hydrogens (primary N) is 1. The number of aliphatic hydroxyl groups is 1. The van der Waals surface area contributed by atoms with Gasteiger partial charge < -0.3 is 35.6 Å². The first-order valence-electron chi connectivity index (χ1n) is 11.4. The van der Waals surface area contributed by atoms with Crippen molar-refractivity contribution in [3.05, 3.63) is 40.3 Å². The number of aromatic nitrogens is 1. The lowest BCUT2D eigenvalue weighted by Crippen LogP contribution is -2.44. The van der Waals surface area contributed by atoms with Gasteiger partial charge in [0.1, 0.15) is 15.5 Å². The summed E-state index contributed by atoms with van der Waals surface area (Å²) in [5.41, 5.74) is 5.00. The molecule has 200 valence electrons. The van der Waals surface area contributed by atoms with Gasteiger partial charge in [-0.2, -0.15) is 13.2 Å². The molecule has 1 aliphatic rings. The van der Waals surface area contributed by atoms with E-state index in [1.807, 2.05) is 0 Å². The van der Waals surface area contributed by atoms with Crippen LogP contribution in [0.5, 0.6) is 11.5 Å². The van der Waals surface area contributed by atoms with E-state index in [1.165, 1.54) is 14.2 Å². The standard InChI is InChI=1S/C24H27F3N4O5S/c1-35-16-4-3-12(9-17(16)36-2)15(32)11-29-13-5-7-31(8-6-13)18-10-14(24(25,26)27)19-20(28)21(23(33)34)37-22(19)30-18/h3-4,9-10,13,15,29,32H,5-8,11,28H2,1-2H3,(H,33,34). The molecule has 13 heteroatoms. The number of hydrogen-bond acceptors (Lipinski definition) is 9. The summed E-state index contributed by atoms with van der Waals surface area (Å²) >= 11 is 0.636. The number of aromatic carboxylic acids is 1. The van der Waals surface area contributed by atoms with Crippen LogP contribution in [0.2, 0.25) is 0 Å². The summed E-state index contributed by atoms with van der Waals surface area (Å²) in [7, 11) is 3.05. The van der Waals surface area contributed by atoms with Gasteiger partial charge in [0, 0.05) is 31.1 Å². The fraction of sp³-hybridized carbons (Fsp3) is 0.417. The number of piperidine rings is 1. The number of thiophene rings is 1. The van der Waals surface area contributed by atoms with Gasteiger partial charge in [0.25, 0.3) is 0 Å². The molecule has 1 aliphatic heterocycles. The number of fused-ring (bicyclic) bond motifs is 1. The Kier molecular flexibility index (Phi) is 7.67. The highest BCUT2D eigenvalue weighted by molar-refractivity contribution is 7.21. The molecular weight excluding hydrogens is 513 g/mol. The number of halogens is 3. The van der Waals surface area contributed by atoms with Crippen molar-refractivity contribution in [3.63, 3.8) is 0 Å². The lowest BCUT2D eigenvalue weighted by molar-refractivity contribution is -0.136. The number of carbonyl (C=O) groups is 1. The minimum atomic E-state index is -4.72. The number of carboxylic acids is 1. The Labute approximate surface area is 214 Å². The summed E-state index contributed by atoms with van der Waals surface area (Å²) < 4.78 is 52.0. The molecule has 1 fully saturated rings. The maximum Gasteiger partial charge on any atom is 0.417 e. The van der Waals surface area contributed by atoms with Crippen LogP contribution in [0.15, 0.2) is 24.3 Å². The molecule has 0 saturated carbocycles. The van der Waals surface area contributed by atoms with E-state index in [0.717, 1.165) is 6.07 Å². The highest BCUT2D eigenvalue weighted by Crippen LogP contribution is 2.43. The Morgan fingerprint density at radius 2 is 1.92 bits per heavy atom. The third-order valence-electron chi connectivity index (χ3n) is 6.40. The minimum absolute atomic E-state index is 0.0489. The van der Waals surface area contributed by atoms with Gasteiger partial charge in [-0.3, -0.25) is 0 Å². The number of carboxylic acid groups (broad SMARTS) is 1. The van der Waals surface area contributed by atoms with Crippen LogP contribution in [-0.2, 0) is 6.18 Å². The van der Waals surface area contributed by atoms with E-state index in [2.05, 4.69) is 10.3 Å². The molecule has 5 N–H and O–H groups in total. The zero-order chi connectivity index (χ0) is 26.9. The summed E-state index contributed by atoms with van der Waals surface area (Å²) in [5, 5.41) is 22.8. The Hall–Kier alpha value is -3.29. The van der Waals surface area contributed by atoms with Gasteiger partial charge in [-0.25, -0.2) is 9.78 Å². The summed E-state index contributed by atoms with van der Waals surface area (Å²) in [6.45, 7) is 1.16. The molecule has 9 nitrogen and oxygen atoms in total. The molecule has 1 saturated heterocycles. The van der Waals surface area contributed by atoms with Crippen LogP contribution in [0, 0.1) is 0 Å². The van der Waals surface area contributed by atoms with Crippen LogP contribution in [0.25, 0.3) is 10.2 Å². The number of hydrogen-bond donors (Lipinski definition) is 4. The number of nitrogen functional groups attached to an aromatic ring is 1. The number of alkyl halides is 3. The second-order valence-corrected chi connectivity index (χ2v) is 9.65. The molecule has 3 heterocycles. The van der Waals surface area contributed by atoms with Crippen LogP contribution >= 0.6 is 11.3 Å². The van der Waals surface area contributed by atoms with Gasteiger partial charge in [-0.1, -0.05) is 6.07 Å². The monoisotopic (exact) mass is 540 g/mol. The summed E-state index contributed by atoms with van der Waals surface area (Å²) in [4.78, 5) is 17.1. The minimum Gasteiger partial charge on any atom is -0.493 e. The molecule has 1 unspecified atom stereocenters. The first-order chi connectivity index (χ1) is 17.5. The van der Waals surface area contributed by atoms with Crippen molar-refractivity contribution in [2.24, 2.45) is 0 Å². The van der Waals surface area contributed by atoms with Crippen molar-refractivity contribution < 1.29 is 37.7 Å². The van der Waals surface area contributed by atoms with E-state index >= 15 is 0 Å². The molecule has 1 aromatic carbocycles. The first-order valence-corrected chi connectivity index (χ1v) is 12.3. The smallest absolute Gasteiger partial charge is 0.417 e. The molecular formula is C24H27F3N4O5S. The average Bonchev–Trinajstić information content (AvgIpc) is 3.22. The Morgan fingerprint density at radius 1 is 1.24 bits per heavy atom. The molecule has 0 spiro atoms. The highest BCUT2D eigenvalue weighted by Gasteiger charge is 2.37. The molecule has 0 aliphatic carbocycles. The lowest BCUT2D eigenvalue weighted by atomic mass is 10.0. The van der Waals surface area contributed by atoms with Gasteiger partial charge in [0.05, 0.1) is 31.6 Å². The quantitative estimate of drug-likeness (QED) is 0.336. The summed E-state index contributed by atoms with van der Waals surface area (Å²) in [6, 6.07) is 6.17. The number of nitrogens with zero attached hydrogens (tertiary/aromatic N) is 2. The zero-order valence-electron chi connectivity index (χ0n) is 20.1. The fourth-order valence-electron chi connectivity index (χ4n) is 4.42. The van der Waals surface area contributed by atoms with Gasteiger partial charge >= 0.3 is 12.1 Å². The topological polar surface area (TPSA) is 130 Å². The maximum atomic E-state index is 13.8. The SMILES string of the molecule is COc1ccc(C(O)CNC2CCN(c3cc(C(F)(F)F)c4c(N)c(C(=O)O)sc4n3)CC2)cc1OC. The molecule has 3 aromatic rings. The van der Waals surface area contributed by atoms with Gasteiger partial charge in [0.15, 0.2) is 11.5 Å². The molecule has 1 atom stereocenters. The van der Waals surface area contributed by atoms with E-state index in [1.54, 1.807) is 23.1 Å². The summed E-state index contributed by atoms with van der Waals surface area (Å²) in [6.07, 6.45) is -4.27. The molecule has 0 bridgehead atoms.